The Morgan fingerprint density at radius 2 is 1.79 bits per heavy atom. The molecule has 0 radical (unpaired) electrons. The van der Waals surface area contributed by atoms with E-state index >= 15 is 0 Å². The van der Waals surface area contributed by atoms with E-state index in [0.717, 1.165) is 0 Å². The first-order valence-electron chi connectivity index (χ1n) is 3.98. The zero-order chi connectivity index (χ0) is 9.90. The van der Waals surface area contributed by atoms with E-state index in [1.165, 1.54) is 13.8 Å². The number of rotatable bonds is 3. The maximum absolute atomic E-state index is 10.6. The molecule has 0 bridgehead atoms. The Bertz CT molecular complexity index is 295. The number of ether oxygens (including phenoxy) is 1. The van der Waals surface area contributed by atoms with Crippen molar-refractivity contribution >= 4 is 5.97 Å². The summed E-state index contributed by atoms with van der Waals surface area (Å²) in [6.45, 7) is 2.91. The fraction of sp³-hybridized carbons (Fsp3) is 0.300. The van der Waals surface area contributed by atoms with Gasteiger partial charge >= 0.3 is 51.4 Å². The molecule has 0 saturated heterocycles. The SMILES string of the molecule is CC(C)(Oc1ccccc1)C(=O)[O-].[K+]. The fourth-order valence-electron chi connectivity index (χ4n) is 0.825. The van der Waals surface area contributed by atoms with Crippen LogP contribution in [0.15, 0.2) is 30.3 Å². The Morgan fingerprint density at radius 3 is 2.21 bits per heavy atom. The van der Waals surface area contributed by atoms with Crippen molar-refractivity contribution in [2.75, 3.05) is 0 Å². The van der Waals surface area contributed by atoms with Crippen molar-refractivity contribution < 1.29 is 66.0 Å². The average Bonchev–Trinajstić information content (AvgIpc) is 2.05. The molecule has 0 unspecified atom stereocenters. The number of aliphatic carboxylic acids is 1. The van der Waals surface area contributed by atoms with E-state index in [4.69, 9.17) is 4.74 Å². The van der Waals surface area contributed by atoms with Gasteiger partial charge in [0.25, 0.3) is 0 Å². The molecule has 0 spiro atoms. The third kappa shape index (κ3) is 4.10. The number of benzene rings is 1. The van der Waals surface area contributed by atoms with E-state index in [1.807, 2.05) is 6.07 Å². The minimum absolute atomic E-state index is 0. The van der Waals surface area contributed by atoms with Gasteiger partial charge in [-0.05, 0) is 26.0 Å². The third-order valence-electron chi connectivity index (χ3n) is 1.61. The van der Waals surface area contributed by atoms with Crippen molar-refractivity contribution in [2.45, 2.75) is 19.4 Å². The zero-order valence-corrected chi connectivity index (χ0v) is 11.7. The van der Waals surface area contributed by atoms with Crippen LogP contribution in [0.2, 0.25) is 0 Å². The van der Waals surface area contributed by atoms with Crippen LogP contribution in [-0.4, -0.2) is 11.6 Å². The van der Waals surface area contributed by atoms with Gasteiger partial charge in [-0.15, -0.1) is 0 Å². The molecule has 0 aliphatic carbocycles. The molecule has 0 saturated carbocycles. The summed E-state index contributed by atoms with van der Waals surface area (Å²) in [6.07, 6.45) is 0. The van der Waals surface area contributed by atoms with Crippen LogP contribution < -0.4 is 61.2 Å². The van der Waals surface area contributed by atoms with Crippen LogP contribution in [0.4, 0.5) is 0 Å². The van der Waals surface area contributed by atoms with Crippen molar-refractivity contribution in [3.05, 3.63) is 30.3 Å². The summed E-state index contributed by atoms with van der Waals surface area (Å²) in [7, 11) is 0. The summed E-state index contributed by atoms with van der Waals surface area (Å²) in [6, 6.07) is 8.79. The predicted molar refractivity (Wildman–Crippen MR) is 46.2 cm³/mol. The van der Waals surface area contributed by atoms with Crippen molar-refractivity contribution in [1.82, 2.24) is 0 Å². The number of carbonyl (C=O) groups excluding carboxylic acids is 1. The maximum atomic E-state index is 10.6. The molecule has 0 amide bonds. The van der Waals surface area contributed by atoms with Crippen molar-refractivity contribution in [3.63, 3.8) is 0 Å². The molecule has 1 aromatic carbocycles. The first-order chi connectivity index (χ1) is 6.02. The summed E-state index contributed by atoms with van der Waals surface area (Å²) < 4.78 is 5.20. The van der Waals surface area contributed by atoms with Gasteiger partial charge in [0.05, 0.1) is 5.97 Å². The summed E-state index contributed by atoms with van der Waals surface area (Å²) in [5, 5.41) is 10.6. The van der Waals surface area contributed by atoms with Crippen molar-refractivity contribution in [2.24, 2.45) is 0 Å². The predicted octanol–water partition coefficient (Wildman–Crippen LogP) is -2.40. The smallest absolute Gasteiger partial charge is 0.546 e. The van der Waals surface area contributed by atoms with Crippen LogP contribution in [0, 0.1) is 0 Å². The molecule has 1 rings (SSSR count). The van der Waals surface area contributed by atoms with Gasteiger partial charge in [-0.1, -0.05) is 18.2 Å². The zero-order valence-electron chi connectivity index (χ0n) is 8.61. The monoisotopic (exact) mass is 218 g/mol. The van der Waals surface area contributed by atoms with E-state index < -0.39 is 11.6 Å². The second kappa shape index (κ2) is 5.87. The Kier molecular flexibility index (Phi) is 5.93. The van der Waals surface area contributed by atoms with E-state index in [2.05, 4.69) is 0 Å². The molecule has 0 N–H and O–H groups in total. The number of carboxylic acid groups (broad SMARTS) is 1. The molecule has 70 valence electrons. The van der Waals surface area contributed by atoms with Crippen LogP contribution in [0.5, 0.6) is 5.75 Å². The molecule has 0 heterocycles. The van der Waals surface area contributed by atoms with E-state index in [0.29, 0.717) is 5.75 Å². The van der Waals surface area contributed by atoms with Crippen LogP contribution in [-0.2, 0) is 4.79 Å². The Balaban J connectivity index is 0.00000169. The van der Waals surface area contributed by atoms with E-state index in [1.54, 1.807) is 24.3 Å². The Morgan fingerprint density at radius 1 is 1.29 bits per heavy atom. The number of hydrogen-bond donors (Lipinski definition) is 0. The van der Waals surface area contributed by atoms with Gasteiger partial charge in [0, 0.05) is 0 Å². The average molecular weight is 218 g/mol. The van der Waals surface area contributed by atoms with Crippen LogP contribution in [0.3, 0.4) is 0 Å². The largest absolute Gasteiger partial charge is 1.00 e. The van der Waals surface area contributed by atoms with Gasteiger partial charge in [0.1, 0.15) is 11.4 Å². The van der Waals surface area contributed by atoms with Gasteiger partial charge < -0.3 is 14.6 Å². The van der Waals surface area contributed by atoms with Gasteiger partial charge in [0.15, 0.2) is 0 Å². The van der Waals surface area contributed by atoms with Crippen LogP contribution >= 0.6 is 0 Å². The Hall–Kier alpha value is 0.126. The third-order valence-corrected chi connectivity index (χ3v) is 1.61. The number of carboxylic acids is 1. The quantitative estimate of drug-likeness (QED) is 0.531. The molecule has 0 aliphatic rings. The molecule has 0 aromatic heterocycles. The second-order valence-corrected chi connectivity index (χ2v) is 3.21. The van der Waals surface area contributed by atoms with Crippen LogP contribution in [0.25, 0.3) is 0 Å². The molecule has 3 nitrogen and oxygen atoms in total. The Labute approximate surface area is 126 Å². The first-order valence-corrected chi connectivity index (χ1v) is 3.98. The van der Waals surface area contributed by atoms with Gasteiger partial charge in [-0.2, -0.15) is 0 Å². The molecule has 0 atom stereocenters. The molecule has 14 heavy (non-hydrogen) atoms. The second-order valence-electron chi connectivity index (χ2n) is 3.21. The van der Waals surface area contributed by atoms with Crippen molar-refractivity contribution in [1.29, 1.82) is 0 Å². The molecular weight excluding hydrogens is 207 g/mol. The molecular formula is C10H11KO3. The first kappa shape index (κ1) is 14.1. The van der Waals surface area contributed by atoms with Gasteiger partial charge in [0.2, 0.25) is 0 Å². The van der Waals surface area contributed by atoms with Crippen molar-refractivity contribution in [3.8, 4) is 5.75 Å². The normalized spacial score (nSPS) is 10.1. The number of hydrogen-bond acceptors (Lipinski definition) is 3. The minimum Gasteiger partial charge on any atom is -0.546 e. The summed E-state index contributed by atoms with van der Waals surface area (Å²) in [5.41, 5.74) is -1.29. The molecule has 0 fully saturated rings. The maximum Gasteiger partial charge on any atom is 1.00 e. The summed E-state index contributed by atoms with van der Waals surface area (Å²) in [4.78, 5) is 10.6. The van der Waals surface area contributed by atoms with E-state index in [9.17, 15) is 9.90 Å². The fourth-order valence-corrected chi connectivity index (χ4v) is 0.825. The summed E-state index contributed by atoms with van der Waals surface area (Å²) in [5.74, 6) is -0.701. The van der Waals surface area contributed by atoms with Crippen LogP contribution in [0.1, 0.15) is 13.8 Å². The topological polar surface area (TPSA) is 49.4 Å². The molecule has 0 aliphatic heterocycles. The molecule has 1 aromatic rings. The summed E-state index contributed by atoms with van der Waals surface area (Å²) >= 11 is 0. The molecule has 4 heteroatoms. The number of carbonyl (C=O) groups is 1. The van der Waals surface area contributed by atoms with E-state index in [-0.39, 0.29) is 51.4 Å². The van der Waals surface area contributed by atoms with Gasteiger partial charge in [-0.3, -0.25) is 0 Å². The van der Waals surface area contributed by atoms with Gasteiger partial charge in [-0.25, -0.2) is 0 Å². The minimum atomic E-state index is -1.29. The number of para-hydroxylation sites is 1. The standard InChI is InChI=1S/C10H12O3.K/c1-10(2,9(11)12)13-8-6-4-3-5-7-8;/h3-7H,1-2H3,(H,11,12);/q;+1/p-1.